The second-order valence-electron chi connectivity index (χ2n) is 2.59. The third kappa shape index (κ3) is 1.69. The zero-order valence-corrected chi connectivity index (χ0v) is 7.67. The van der Waals surface area contributed by atoms with Gasteiger partial charge in [0, 0.05) is 0 Å². The zero-order chi connectivity index (χ0) is 10.7. The quantitative estimate of drug-likeness (QED) is 0.630. The standard InChI is InChI=1S/C9H7FN2O2/c1-5-3-6(10)7(4-11)12-8(5)9(13)14-2/h3H,1-2H3. The van der Waals surface area contributed by atoms with Gasteiger partial charge in [0.15, 0.2) is 17.2 Å². The van der Waals surface area contributed by atoms with Crippen LogP contribution in [-0.2, 0) is 4.74 Å². The maximum absolute atomic E-state index is 13.0. The van der Waals surface area contributed by atoms with Gasteiger partial charge in [-0.1, -0.05) is 0 Å². The van der Waals surface area contributed by atoms with Crippen molar-refractivity contribution in [2.75, 3.05) is 7.11 Å². The van der Waals surface area contributed by atoms with Crippen LogP contribution in [0.25, 0.3) is 0 Å². The van der Waals surface area contributed by atoms with E-state index in [4.69, 9.17) is 5.26 Å². The molecule has 0 amide bonds. The number of pyridine rings is 1. The van der Waals surface area contributed by atoms with Crippen LogP contribution in [0.1, 0.15) is 21.7 Å². The Hall–Kier alpha value is -1.96. The van der Waals surface area contributed by atoms with Crippen molar-refractivity contribution in [3.63, 3.8) is 0 Å². The molecule has 0 fully saturated rings. The van der Waals surface area contributed by atoms with Crippen molar-refractivity contribution in [1.29, 1.82) is 5.26 Å². The van der Waals surface area contributed by atoms with Crippen molar-refractivity contribution in [3.8, 4) is 6.07 Å². The third-order valence-electron chi connectivity index (χ3n) is 1.65. The van der Waals surface area contributed by atoms with E-state index in [1.165, 1.54) is 14.0 Å². The molecule has 0 saturated carbocycles. The monoisotopic (exact) mass is 194 g/mol. The van der Waals surface area contributed by atoms with E-state index in [1.54, 1.807) is 6.07 Å². The molecule has 0 aliphatic heterocycles. The number of aryl methyl sites for hydroxylation is 1. The van der Waals surface area contributed by atoms with Crippen LogP contribution in [0.2, 0.25) is 0 Å². The number of hydrogen-bond acceptors (Lipinski definition) is 4. The molecule has 0 atom stereocenters. The lowest BCUT2D eigenvalue weighted by Gasteiger charge is -2.03. The molecule has 1 aromatic rings. The first-order valence-electron chi connectivity index (χ1n) is 3.75. The highest BCUT2D eigenvalue weighted by Gasteiger charge is 2.15. The number of carbonyl (C=O) groups is 1. The molecular weight excluding hydrogens is 187 g/mol. The van der Waals surface area contributed by atoms with Crippen molar-refractivity contribution in [3.05, 3.63) is 28.8 Å². The smallest absolute Gasteiger partial charge is 0.356 e. The first kappa shape index (κ1) is 10.1. The highest BCUT2D eigenvalue weighted by Crippen LogP contribution is 2.11. The fraction of sp³-hybridized carbons (Fsp3) is 0.222. The third-order valence-corrected chi connectivity index (χ3v) is 1.65. The molecule has 0 aliphatic carbocycles. The Morgan fingerprint density at radius 1 is 1.71 bits per heavy atom. The van der Waals surface area contributed by atoms with Crippen molar-refractivity contribution >= 4 is 5.97 Å². The van der Waals surface area contributed by atoms with E-state index in [0.717, 1.165) is 6.07 Å². The van der Waals surface area contributed by atoms with Crippen LogP contribution < -0.4 is 0 Å². The Morgan fingerprint density at radius 3 is 2.86 bits per heavy atom. The average molecular weight is 194 g/mol. The summed E-state index contributed by atoms with van der Waals surface area (Å²) in [5.41, 5.74) is -0.102. The molecule has 0 N–H and O–H groups in total. The summed E-state index contributed by atoms with van der Waals surface area (Å²) < 4.78 is 17.4. The number of nitriles is 1. The number of aromatic nitrogens is 1. The summed E-state index contributed by atoms with van der Waals surface area (Å²) in [4.78, 5) is 14.6. The first-order valence-corrected chi connectivity index (χ1v) is 3.75. The Morgan fingerprint density at radius 2 is 2.36 bits per heavy atom. The molecule has 1 heterocycles. The maximum atomic E-state index is 13.0. The van der Waals surface area contributed by atoms with Gasteiger partial charge in [0.1, 0.15) is 6.07 Å². The van der Waals surface area contributed by atoms with Crippen LogP contribution in [0.4, 0.5) is 4.39 Å². The second-order valence-corrected chi connectivity index (χ2v) is 2.59. The van der Waals surface area contributed by atoms with Gasteiger partial charge in [0.2, 0.25) is 0 Å². The van der Waals surface area contributed by atoms with E-state index >= 15 is 0 Å². The van der Waals surface area contributed by atoms with Gasteiger partial charge in [-0.3, -0.25) is 0 Å². The van der Waals surface area contributed by atoms with E-state index < -0.39 is 17.5 Å². The van der Waals surface area contributed by atoms with E-state index in [9.17, 15) is 9.18 Å². The fourth-order valence-electron chi connectivity index (χ4n) is 0.962. The second kappa shape index (κ2) is 3.83. The van der Waals surface area contributed by atoms with Gasteiger partial charge in [-0.15, -0.1) is 0 Å². The van der Waals surface area contributed by atoms with Crippen LogP contribution in [0, 0.1) is 24.1 Å². The SMILES string of the molecule is COC(=O)c1nc(C#N)c(F)cc1C. The molecule has 0 aliphatic rings. The molecule has 1 rings (SSSR count). The molecule has 0 aromatic carbocycles. The molecule has 0 radical (unpaired) electrons. The normalized spacial score (nSPS) is 9.29. The molecule has 4 nitrogen and oxygen atoms in total. The van der Waals surface area contributed by atoms with Gasteiger partial charge >= 0.3 is 5.97 Å². The molecule has 1 aromatic heterocycles. The number of nitrogens with zero attached hydrogens (tertiary/aromatic N) is 2. The van der Waals surface area contributed by atoms with Crippen molar-refractivity contribution in [2.45, 2.75) is 6.92 Å². The van der Waals surface area contributed by atoms with Crippen LogP contribution in [0.15, 0.2) is 6.07 Å². The minimum absolute atomic E-state index is 0.0366. The molecule has 72 valence electrons. The minimum atomic E-state index is -0.738. The molecule has 0 spiro atoms. The predicted molar refractivity (Wildman–Crippen MR) is 45.0 cm³/mol. The molecule has 5 heteroatoms. The number of esters is 1. The van der Waals surface area contributed by atoms with Crippen LogP contribution >= 0.6 is 0 Å². The topological polar surface area (TPSA) is 63.0 Å². The Labute approximate surface area is 79.9 Å². The van der Waals surface area contributed by atoms with Gasteiger partial charge in [0.05, 0.1) is 7.11 Å². The van der Waals surface area contributed by atoms with Gasteiger partial charge in [0.25, 0.3) is 0 Å². The highest BCUT2D eigenvalue weighted by atomic mass is 19.1. The largest absolute Gasteiger partial charge is 0.464 e. The van der Waals surface area contributed by atoms with E-state index in [1.807, 2.05) is 0 Å². The highest BCUT2D eigenvalue weighted by molar-refractivity contribution is 5.88. The number of halogens is 1. The number of methoxy groups -OCH3 is 1. The van der Waals surface area contributed by atoms with E-state index in [-0.39, 0.29) is 5.69 Å². The maximum Gasteiger partial charge on any atom is 0.356 e. The molecular formula is C9H7FN2O2. The minimum Gasteiger partial charge on any atom is -0.464 e. The summed E-state index contributed by atoms with van der Waals surface area (Å²) in [6.45, 7) is 1.52. The van der Waals surface area contributed by atoms with Crippen LogP contribution in [0.5, 0.6) is 0 Å². The average Bonchev–Trinajstić information content (AvgIpc) is 2.17. The Bertz CT molecular complexity index is 424. The van der Waals surface area contributed by atoms with Gasteiger partial charge in [-0.25, -0.2) is 14.2 Å². The molecule has 14 heavy (non-hydrogen) atoms. The Balaban J connectivity index is 3.33. The predicted octanol–water partition coefficient (Wildman–Crippen LogP) is 1.19. The molecule has 0 saturated heterocycles. The van der Waals surface area contributed by atoms with Crippen molar-refractivity contribution in [2.24, 2.45) is 0 Å². The van der Waals surface area contributed by atoms with Crippen molar-refractivity contribution < 1.29 is 13.9 Å². The van der Waals surface area contributed by atoms with E-state index in [0.29, 0.717) is 5.56 Å². The summed E-state index contributed by atoms with van der Waals surface area (Å²) in [7, 11) is 1.19. The number of carbonyl (C=O) groups excluding carboxylic acids is 1. The number of hydrogen-bond donors (Lipinski definition) is 0. The van der Waals surface area contributed by atoms with Gasteiger partial charge in [-0.2, -0.15) is 5.26 Å². The van der Waals surface area contributed by atoms with Gasteiger partial charge < -0.3 is 4.74 Å². The van der Waals surface area contributed by atoms with Crippen molar-refractivity contribution in [1.82, 2.24) is 4.98 Å². The summed E-state index contributed by atoms with van der Waals surface area (Å²) in [6.07, 6.45) is 0. The lowest BCUT2D eigenvalue weighted by molar-refractivity contribution is 0.0593. The fourth-order valence-corrected chi connectivity index (χ4v) is 0.962. The molecule has 0 bridgehead atoms. The summed E-state index contributed by atoms with van der Waals surface area (Å²) in [5, 5.41) is 8.48. The summed E-state index contributed by atoms with van der Waals surface area (Å²) in [5.74, 6) is -1.42. The first-order chi connectivity index (χ1) is 6.60. The Kier molecular flexibility index (Phi) is 2.77. The molecule has 0 unspecified atom stereocenters. The van der Waals surface area contributed by atoms with E-state index in [2.05, 4.69) is 9.72 Å². The summed E-state index contributed by atoms with van der Waals surface area (Å²) >= 11 is 0. The lowest BCUT2D eigenvalue weighted by atomic mass is 10.2. The van der Waals surface area contributed by atoms with Gasteiger partial charge in [-0.05, 0) is 18.6 Å². The zero-order valence-electron chi connectivity index (χ0n) is 7.67. The van der Waals surface area contributed by atoms with Crippen LogP contribution in [0.3, 0.4) is 0 Å². The number of ether oxygens (including phenoxy) is 1. The van der Waals surface area contributed by atoms with Crippen LogP contribution in [-0.4, -0.2) is 18.1 Å². The number of rotatable bonds is 1. The summed E-state index contributed by atoms with van der Waals surface area (Å²) in [6, 6.07) is 2.63. The lowest BCUT2D eigenvalue weighted by Crippen LogP contribution is -2.09.